The summed E-state index contributed by atoms with van der Waals surface area (Å²) in [5.74, 6) is -0.00204. The van der Waals surface area contributed by atoms with Crippen molar-refractivity contribution in [2.75, 3.05) is 6.26 Å². The Bertz CT molecular complexity index is 1730. The number of fused-ring (bicyclic) bond motifs is 2. The number of hydrogen-bond donors (Lipinski definition) is 2. The van der Waals surface area contributed by atoms with E-state index in [0.29, 0.717) is 32.8 Å². The fourth-order valence-corrected chi connectivity index (χ4v) is 6.20. The van der Waals surface area contributed by atoms with Crippen molar-refractivity contribution >= 4 is 51.1 Å². The zero-order valence-corrected chi connectivity index (χ0v) is 22.8. The summed E-state index contributed by atoms with van der Waals surface area (Å²) in [6.45, 7) is 0.570. The second-order valence-electron chi connectivity index (χ2n) is 10.2. The summed E-state index contributed by atoms with van der Waals surface area (Å²) >= 11 is 6.19. The minimum absolute atomic E-state index is 0.135. The highest BCUT2D eigenvalue weighted by molar-refractivity contribution is 7.88. The van der Waals surface area contributed by atoms with Crippen LogP contribution in [0.25, 0.3) is 22.3 Å². The van der Waals surface area contributed by atoms with Crippen molar-refractivity contribution in [1.29, 1.82) is 0 Å². The molecule has 0 bridgehead atoms. The molecule has 1 fully saturated rings. The number of nitrogens with two attached hydrogens (primary N) is 1. The van der Waals surface area contributed by atoms with Gasteiger partial charge in [-0.3, -0.25) is 4.79 Å². The summed E-state index contributed by atoms with van der Waals surface area (Å²) in [6.07, 6.45) is 3.16. The molecule has 4 aromatic rings. The maximum Gasteiger partial charge on any atom is 0.491 e. The van der Waals surface area contributed by atoms with E-state index in [2.05, 4.69) is 0 Å². The topological polar surface area (TPSA) is 123 Å². The molecule has 1 saturated carbocycles. The Labute approximate surface area is 231 Å². The molecule has 0 saturated heterocycles. The van der Waals surface area contributed by atoms with Crippen LogP contribution < -0.4 is 11.2 Å². The predicted molar refractivity (Wildman–Crippen MR) is 150 cm³/mol. The van der Waals surface area contributed by atoms with Gasteiger partial charge in [-0.05, 0) is 70.7 Å². The highest BCUT2D eigenvalue weighted by atomic mass is 35.5. The average molecular weight is 565 g/mol. The smallest absolute Gasteiger partial charge is 0.455 e. The molecule has 1 aliphatic carbocycles. The van der Waals surface area contributed by atoms with Gasteiger partial charge in [0.2, 0.25) is 10.0 Å². The molecule has 1 amide bonds. The lowest BCUT2D eigenvalue weighted by Crippen LogP contribution is -2.30. The van der Waals surface area contributed by atoms with E-state index in [-0.39, 0.29) is 31.2 Å². The Balaban J connectivity index is 1.41. The first-order valence-electron chi connectivity index (χ1n) is 12.6. The van der Waals surface area contributed by atoms with Crippen LogP contribution in [0.15, 0.2) is 59.0 Å². The standard InChI is InChI=1S/C28H26BClN2O6S/c1-39(35,36)32(13-16-5-8-24-20(9-16)15-37-29(24)34)14-19-11-25-23(12-22(19)17-6-7-17)26(28(31)33)27(38-25)18-3-2-4-21(30)10-18/h2-5,8-12,17,34H,6-7,13-15H2,1H3,(H2,31,33). The molecule has 6 rings (SSSR count). The number of nitrogens with zero attached hydrogens (tertiary/aromatic N) is 1. The van der Waals surface area contributed by atoms with Gasteiger partial charge in [0.1, 0.15) is 11.3 Å². The molecule has 11 heteroatoms. The van der Waals surface area contributed by atoms with Gasteiger partial charge in [-0.1, -0.05) is 41.9 Å². The van der Waals surface area contributed by atoms with Crippen LogP contribution in [0.5, 0.6) is 0 Å². The SMILES string of the molecule is CS(=O)(=O)N(Cc1ccc2c(c1)COB2O)Cc1cc2oc(-c3cccc(Cl)c3)c(C(N)=O)c2cc1C1CC1. The number of sulfonamides is 1. The molecule has 1 aliphatic heterocycles. The molecule has 0 radical (unpaired) electrons. The van der Waals surface area contributed by atoms with Crippen LogP contribution in [0.4, 0.5) is 0 Å². The van der Waals surface area contributed by atoms with Gasteiger partial charge in [-0.2, -0.15) is 4.31 Å². The minimum Gasteiger partial charge on any atom is -0.455 e. The van der Waals surface area contributed by atoms with Crippen LogP contribution in [0, 0.1) is 0 Å². The average Bonchev–Trinajstić information content (AvgIpc) is 3.56. The number of primary amides is 1. The summed E-state index contributed by atoms with van der Waals surface area (Å²) < 4.78 is 38.7. The van der Waals surface area contributed by atoms with Crippen LogP contribution in [0.3, 0.4) is 0 Å². The first-order chi connectivity index (χ1) is 18.6. The quantitative estimate of drug-likeness (QED) is 0.313. The summed E-state index contributed by atoms with van der Waals surface area (Å²) in [4.78, 5) is 12.6. The monoisotopic (exact) mass is 564 g/mol. The molecule has 2 heterocycles. The maximum absolute atomic E-state index is 12.9. The third kappa shape index (κ3) is 5.10. The summed E-state index contributed by atoms with van der Waals surface area (Å²) in [5, 5.41) is 11.0. The van der Waals surface area contributed by atoms with Gasteiger partial charge in [0.25, 0.3) is 5.91 Å². The summed E-state index contributed by atoms with van der Waals surface area (Å²) in [5.41, 5.74) is 11.3. The van der Waals surface area contributed by atoms with Crippen molar-refractivity contribution < 1.29 is 27.3 Å². The molecule has 39 heavy (non-hydrogen) atoms. The number of halogens is 1. The fourth-order valence-electron chi connectivity index (χ4n) is 5.26. The zero-order chi connectivity index (χ0) is 27.5. The second-order valence-corrected chi connectivity index (χ2v) is 12.6. The van der Waals surface area contributed by atoms with Gasteiger partial charge in [-0.25, -0.2) is 8.42 Å². The summed E-state index contributed by atoms with van der Waals surface area (Å²) in [7, 11) is -4.55. The van der Waals surface area contributed by atoms with Crippen molar-refractivity contribution in [3.05, 3.63) is 87.4 Å². The van der Waals surface area contributed by atoms with Crippen molar-refractivity contribution in [3.8, 4) is 11.3 Å². The Hall–Kier alpha value is -3.15. The molecule has 3 N–H and O–H groups in total. The number of furan rings is 1. The van der Waals surface area contributed by atoms with E-state index in [1.165, 1.54) is 10.6 Å². The van der Waals surface area contributed by atoms with Gasteiger partial charge < -0.3 is 19.8 Å². The van der Waals surface area contributed by atoms with Crippen LogP contribution in [0.2, 0.25) is 5.02 Å². The normalized spacial score (nSPS) is 15.3. The molecule has 200 valence electrons. The van der Waals surface area contributed by atoms with E-state index in [1.54, 1.807) is 30.3 Å². The number of amides is 1. The molecule has 0 atom stereocenters. The van der Waals surface area contributed by atoms with Crippen molar-refractivity contribution in [2.45, 2.75) is 38.5 Å². The van der Waals surface area contributed by atoms with E-state index in [1.807, 2.05) is 24.3 Å². The Kier molecular flexibility index (Phi) is 6.56. The van der Waals surface area contributed by atoms with E-state index < -0.39 is 23.0 Å². The molecule has 3 aromatic carbocycles. The van der Waals surface area contributed by atoms with Crippen LogP contribution in [0.1, 0.15) is 51.4 Å². The Morgan fingerprint density at radius 1 is 1.15 bits per heavy atom. The lowest BCUT2D eigenvalue weighted by Gasteiger charge is -2.22. The number of carbonyl (C=O) groups is 1. The van der Waals surface area contributed by atoms with Crippen LogP contribution >= 0.6 is 11.6 Å². The first kappa shape index (κ1) is 26.1. The van der Waals surface area contributed by atoms with Gasteiger partial charge in [0.15, 0.2) is 0 Å². The second kappa shape index (κ2) is 9.80. The number of benzene rings is 3. The van der Waals surface area contributed by atoms with Crippen LogP contribution in [-0.4, -0.2) is 37.0 Å². The van der Waals surface area contributed by atoms with E-state index in [0.717, 1.165) is 35.1 Å². The minimum atomic E-state index is -3.59. The highest BCUT2D eigenvalue weighted by Crippen LogP contribution is 2.45. The molecule has 8 nitrogen and oxygen atoms in total. The third-order valence-corrected chi connectivity index (χ3v) is 8.78. The highest BCUT2D eigenvalue weighted by Gasteiger charge is 2.31. The number of carbonyl (C=O) groups excluding carboxylic acids is 1. The molecule has 2 aliphatic rings. The molecular formula is C28H26BClN2O6S. The Morgan fingerprint density at radius 2 is 1.95 bits per heavy atom. The lowest BCUT2D eigenvalue weighted by molar-refractivity contribution is 0.100. The number of hydrogen-bond acceptors (Lipinski definition) is 6. The van der Waals surface area contributed by atoms with E-state index in [4.69, 9.17) is 26.4 Å². The van der Waals surface area contributed by atoms with Crippen LogP contribution in [-0.2, 0) is 34.4 Å². The first-order valence-corrected chi connectivity index (χ1v) is 14.8. The van der Waals surface area contributed by atoms with Crippen molar-refractivity contribution in [3.63, 3.8) is 0 Å². The fraction of sp³-hybridized carbons (Fsp3) is 0.250. The maximum atomic E-state index is 12.9. The largest absolute Gasteiger partial charge is 0.491 e. The molecule has 0 unspecified atom stereocenters. The van der Waals surface area contributed by atoms with E-state index in [9.17, 15) is 18.2 Å². The lowest BCUT2D eigenvalue weighted by atomic mass is 9.79. The van der Waals surface area contributed by atoms with Crippen molar-refractivity contribution in [2.24, 2.45) is 5.73 Å². The summed E-state index contributed by atoms with van der Waals surface area (Å²) in [6, 6.07) is 16.2. The zero-order valence-electron chi connectivity index (χ0n) is 21.2. The van der Waals surface area contributed by atoms with Gasteiger partial charge in [-0.15, -0.1) is 0 Å². The van der Waals surface area contributed by atoms with Gasteiger partial charge >= 0.3 is 7.12 Å². The Morgan fingerprint density at radius 3 is 2.64 bits per heavy atom. The predicted octanol–water partition coefficient (Wildman–Crippen LogP) is 3.91. The number of rotatable bonds is 8. The molecular weight excluding hydrogens is 539 g/mol. The van der Waals surface area contributed by atoms with Gasteiger partial charge in [0.05, 0.1) is 18.4 Å². The molecule has 0 spiro atoms. The molecule has 1 aromatic heterocycles. The van der Waals surface area contributed by atoms with Gasteiger partial charge in [0, 0.05) is 29.1 Å². The third-order valence-electron chi connectivity index (χ3n) is 7.34. The van der Waals surface area contributed by atoms with Crippen molar-refractivity contribution in [1.82, 2.24) is 4.31 Å². The van der Waals surface area contributed by atoms with E-state index >= 15 is 0 Å².